The van der Waals surface area contributed by atoms with Gasteiger partial charge in [0.15, 0.2) is 11.6 Å². The van der Waals surface area contributed by atoms with Crippen LogP contribution in [0.3, 0.4) is 0 Å². The van der Waals surface area contributed by atoms with Crippen molar-refractivity contribution in [2.75, 3.05) is 0 Å². The Kier molecular flexibility index (Phi) is 2.93. The molecule has 4 heteroatoms. The molecule has 0 amide bonds. The predicted octanol–water partition coefficient (Wildman–Crippen LogP) is 2.62. The number of halogens is 2. The molecule has 0 aliphatic carbocycles. The average molecular weight is 248 g/mol. The highest BCUT2D eigenvalue weighted by Gasteiger charge is 2.16. The maximum absolute atomic E-state index is 13.0. The smallest absolute Gasteiger partial charge is 0.166 e. The van der Waals surface area contributed by atoms with Crippen molar-refractivity contribution in [3.05, 3.63) is 27.5 Å². The maximum Gasteiger partial charge on any atom is 0.166 e. The number of benzene rings is 1. The quantitative estimate of drug-likeness (QED) is 0.802. The Balaban J connectivity index is 3.46. The normalized spacial score (nSPS) is 13.0. The van der Waals surface area contributed by atoms with Crippen molar-refractivity contribution in [2.45, 2.75) is 19.9 Å². The Morgan fingerprint density at radius 1 is 1.62 bits per heavy atom. The third-order valence-electron chi connectivity index (χ3n) is 1.95. The number of hydrogen-bond donors (Lipinski definition) is 2. The molecule has 0 spiro atoms. The first-order valence-corrected chi connectivity index (χ1v) is 4.67. The number of phenolic OH excluding ortho intramolecular Hbond substituents is 1. The van der Waals surface area contributed by atoms with Crippen LogP contribution in [0.5, 0.6) is 5.75 Å². The van der Waals surface area contributed by atoms with E-state index in [9.17, 15) is 9.50 Å². The van der Waals surface area contributed by atoms with Crippen LogP contribution in [0.25, 0.3) is 0 Å². The lowest BCUT2D eigenvalue weighted by molar-refractivity contribution is 0.421. The minimum absolute atomic E-state index is 0.351. The summed E-state index contributed by atoms with van der Waals surface area (Å²) in [6.45, 7) is 3.48. The number of aromatic hydroxyl groups is 1. The third-order valence-corrected chi connectivity index (χ3v) is 2.78. The summed E-state index contributed by atoms with van der Waals surface area (Å²) in [6.07, 6.45) is 0. The number of hydrogen-bond acceptors (Lipinski definition) is 2. The first-order chi connectivity index (χ1) is 5.95. The van der Waals surface area contributed by atoms with E-state index < -0.39 is 5.82 Å². The number of phenols is 1. The van der Waals surface area contributed by atoms with Crippen LogP contribution in [0, 0.1) is 12.7 Å². The molecule has 3 N–H and O–H groups in total. The van der Waals surface area contributed by atoms with Gasteiger partial charge in [0.2, 0.25) is 0 Å². The lowest BCUT2D eigenvalue weighted by Crippen LogP contribution is -2.08. The third kappa shape index (κ3) is 1.84. The fraction of sp³-hybridized carbons (Fsp3) is 0.333. The van der Waals surface area contributed by atoms with E-state index in [1.54, 1.807) is 13.8 Å². The Morgan fingerprint density at radius 3 is 2.62 bits per heavy atom. The van der Waals surface area contributed by atoms with E-state index in [-0.39, 0.29) is 11.8 Å². The highest BCUT2D eigenvalue weighted by atomic mass is 79.9. The van der Waals surface area contributed by atoms with Crippen LogP contribution in [0.4, 0.5) is 4.39 Å². The fourth-order valence-corrected chi connectivity index (χ4v) is 1.69. The molecule has 0 aliphatic rings. The van der Waals surface area contributed by atoms with Gasteiger partial charge in [-0.25, -0.2) is 4.39 Å². The Labute approximate surface area is 84.7 Å². The van der Waals surface area contributed by atoms with Gasteiger partial charge in [-0.15, -0.1) is 0 Å². The Bertz CT molecular complexity index is 313. The molecule has 13 heavy (non-hydrogen) atoms. The van der Waals surface area contributed by atoms with Gasteiger partial charge in [0.25, 0.3) is 0 Å². The first-order valence-electron chi connectivity index (χ1n) is 3.88. The van der Waals surface area contributed by atoms with E-state index >= 15 is 0 Å². The zero-order valence-electron chi connectivity index (χ0n) is 7.44. The van der Waals surface area contributed by atoms with Crippen molar-refractivity contribution >= 4 is 15.9 Å². The van der Waals surface area contributed by atoms with E-state index in [2.05, 4.69) is 15.9 Å². The Hall–Kier alpha value is -0.610. The summed E-state index contributed by atoms with van der Waals surface area (Å²) in [5, 5.41) is 9.40. The molecule has 1 atom stereocenters. The highest BCUT2D eigenvalue weighted by molar-refractivity contribution is 9.10. The van der Waals surface area contributed by atoms with Gasteiger partial charge >= 0.3 is 0 Å². The molecule has 0 saturated carbocycles. The standard InChI is InChI=1S/C9H11BrFNO/c1-4-6(10)3-7(11)9(13)8(4)5(2)12/h3,5,13H,12H2,1-2H3. The minimum Gasteiger partial charge on any atom is -0.505 e. The lowest BCUT2D eigenvalue weighted by atomic mass is 10.0. The maximum atomic E-state index is 13.0. The van der Waals surface area contributed by atoms with Crippen molar-refractivity contribution in [3.8, 4) is 5.75 Å². The van der Waals surface area contributed by atoms with Crippen LogP contribution in [-0.2, 0) is 0 Å². The molecule has 0 radical (unpaired) electrons. The van der Waals surface area contributed by atoms with Gasteiger partial charge in [0.1, 0.15) is 0 Å². The van der Waals surface area contributed by atoms with Crippen molar-refractivity contribution in [1.29, 1.82) is 0 Å². The highest BCUT2D eigenvalue weighted by Crippen LogP contribution is 2.33. The molecule has 0 aliphatic heterocycles. The average Bonchev–Trinajstić information content (AvgIpc) is 2.01. The van der Waals surface area contributed by atoms with Gasteiger partial charge in [-0.3, -0.25) is 0 Å². The number of nitrogens with two attached hydrogens (primary N) is 1. The monoisotopic (exact) mass is 247 g/mol. The van der Waals surface area contributed by atoms with E-state index in [1.165, 1.54) is 6.07 Å². The SMILES string of the molecule is Cc1c(Br)cc(F)c(O)c1C(C)N. The summed E-state index contributed by atoms with van der Waals surface area (Å²) in [6, 6.07) is 0.850. The summed E-state index contributed by atoms with van der Waals surface area (Å²) < 4.78 is 13.7. The van der Waals surface area contributed by atoms with Crippen LogP contribution in [0.15, 0.2) is 10.5 Å². The second-order valence-corrected chi connectivity index (χ2v) is 3.87. The minimum atomic E-state index is -0.648. The second kappa shape index (κ2) is 3.64. The van der Waals surface area contributed by atoms with Crippen molar-refractivity contribution < 1.29 is 9.50 Å². The lowest BCUT2D eigenvalue weighted by Gasteiger charge is -2.13. The molecule has 72 valence electrons. The zero-order chi connectivity index (χ0) is 10.2. The molecule has 0 fully saturated rings. The zero-order valence-corrected chi connectivity index (χ0v) is 9.02. The Morgan fingerprint density at radius 2 is 2.15 bits per heavy atom. The van der Waals surface area contributed by atoms with Crippen LogP contribution < -0.4 is 5.73 Å². The van der Waals surface area contributed by atoms with Gasteiger partial charge in [0.05, 0.1) is 0 Å². The van der Waals surface area contributed by atoms with Crippen molar-refractivity contribution in [2.24, 2.45) is 5.73 Å². The first kappa shape index (κ1) is 10.5. The summed E-state index contributed by atoms with van der Waals surface area (Å²) in [5.74, 6) is -1.000. The van der Waals surface area contributed by atoms with Gasteiger partial charge in [-0.05, 0) is 25.5 Å². The molecule has 1 aromatic carbocycles. The summed E-state index contributed by atoms with van der Waals surface area (Å²) in [7, 11) is 0. The van der Waals surface area contributed by atoms with E-state index in [0.29, 0.717) is 10.0 Å². The largest absolute Gasteiger partial charge is 0.505 e. The van der Waals surface area contributed by atoms with Crippen LogP contribution >= 0.6 is 15.9 Å². The topological polar surface area (TPSA) is 46.2 Å². The molecule has 0 bridgehead atoms. The van der Waals surface area contributed by atoms with Gasteiger partial charge in [0, 0.05) is 16.1 Å². The van der Waals surface area contributed by atoms with Crippen LogP contribution in [0.1, 0.15) is 24.1 Å². The van der Waals surface area contributed by atoms with E-state index in [0.717, 1.165) is 5.56 Å². The van der Waals surface area contributed by atoms with Gasteiger partial charge in [-0.1, -0.05) is 15.9 Å². The van der Waals surface area contributed by atoms with Crippen molar-refractivity contribution in [1.82, 2.24) is 0 Å². The molecule has 1 unspecified atom stereocenters. The molecule has 0 heterocycles. The predicted molar refractivity (Wildman–Crippen MR) is 53.1 cm³/mol. The molecule has 1 rings (SSSR count). The van der Waals surface area contributed by atoms with E-state index in [4.69, 9.17) is 5.73 Å². The molecular formula is C9H11BrFNO. The molecule has 2 nitrogen and oxygen atoms in total. The number of rotatable bonds is 1. The molecular weight excluding hydrogens is 237 g/mol. The molecule has 1 aromatic rings. The molecule has 0 saturated heterocycles. The summed E-state index contributed by atoms with van der Waals surface area (Å²) in [4.78, 5) is 0. The van der Waals surface area contributed by atoms with E-state index in [1.807, 2.05) is 0 Å². The summed E-state index contributed by atoms with van der Waals surface area (Å²) in [5.41, 5.74) is 6.83. The van der Waals surface area contributed by atoms with Crippen LogP contribution in [-0.4, -0.2) is 5.11 Å². The fourth-order valence-electron chi connectivity index (χ4n) is 1.28. The van der Waals surface area contributed by atoms with Crippen molar-refractivity contribution in [3.63, 3.8) is 0 Å². The second-order valence-electron chi connectivity index (χ2n) is 3.02. The van der Waals surface area contributed by atoms with Crippen LogP contribution in [0.2, 0.25) is 0 Å². The van der Waals surface area contributed by atoms with Gasteiger partial charge < -0.3 is 10.8 Å². The summed E-state index contributed by atoms with van der Waals surface area (Å²) >= 11 is 3.19. The molecule has 0 aromatic heterocycles. The van der Waals surface area contributed by atoms with Gasteiger partial charge in [-0.2, -0.15) is 0 Å².